The fraction of sp³-hybridized carbons (Fsp3) is 0.429. The van der Waals surface area contributed by atoms with Crippen LogP contribution in [0.25, 0.3) is 0 Å². The smallest absolute Gasteiger partial charge is 0.230 e. The number of hydrogen-bond donors (Lipinski definition) is 2. The van der Waals surface area contributed by atoms with Gasteiger partial charge < -0.3 is 10.6 Å². The van der Waals surface area contributed by atoms with Gasteiger partial charge in [0.15, 0.2) is 0 Å². The van der Waals surface area contributed by atoms with Gasteiger partial charge in [-0.2, -0.15) is 0 Å². The first-order valence-corrected chi connectivity index (χ1v) is 6.25. The molecule has 3 rings (SSSR count). The van der Waals surface area contributed by atoms with Gasteiger partial charge in [0, 0.05) is 12.7 Å². The number of anilines is 1. The van der Waals surface area contributed by atoms with E-state index >= 15 is 0 Å². The average molecular weight is 244 g/mol. The van der Waals surface area contributed by atoms with E-state index in [-0.39, 0.29) is 17.2 Å². The second kappa shape index (κ2) is 3.83. The fourth-order valence-electron chi connectivity index (χ4n) is 2.31. The minimum Gasteiger partial charge on any atom is -0.359 e. The molecule has 0 bridgehead atoms. The lowest BCUT2D eigenvalue weighted by Gasteiger charge is -2.07. The normalized spacial score (nSPS) is 27.1. The van der Waals surface area contributed by atoms with E-state index in [4.69, 9.17) is 0 Å². The van der Waals surface area contributed by atoms with Crippen molar-refractivity contribution in [2.45, 2.75) is 19.3 Å². The van der Waals surface area contributed by atoms with E-state index in [0.717, 1.165) is 24.1 Å². The third-order valence-electron chi connectivity index (χ3n) is 3.99. The molecule has 0 aliphatic heterocycles. The van der Waals surface area contributed by atoms with Gasteiger partial charge in [-0.25, -0.2) is 0 Å². The molecule has 0 spiro atoms. The molecule has 0 atom stereocenters. The molecule has 2 N–H and O–H groups in total. The zero-order chi connectivity index (χ0) is 12.8. The van der Waals surface area contributed by atoms with Crippen molar-refractivity contribution in [3.63, 3.8) is 0 Å². The van der Waals surface area contributed by atoms with E-state index in [1.807, 2.05) is 24.3 Å². The van der Waals surface area contributed by atoms with Crippen molar-refractivity contribution in [1.82, 2.24) is 5.32 Å². The molecule has 2 aliphatic rings. The van der Waals surface area contributed by atoms with Crippen molar-refractivity contribution in [2.75, 3.05) is 12.4 Å². The van der Waals surface area contributed by atoms with Crippen LogP contribution in [0.2, 0.25) is 0 Å². The predicted octanol–water partition coefficient (Wildman–Crippen LogP) is 1.32. The predicted molar refractivity (Wildman–Crippen MR) is 68.0 cm³/mol. The first kappa shape index (κ1) is 11.3. The Labute approximate surface area is 106 Å². The van der Waals surface area contributed by atoms with Crippen molar-refractivity contribution in [3.8, 4) is 0 Å². The number of rotatable bonds is 4. The van der Waals surface area contributed by atoms with Crippen molar-refractivity contribution in [2.24, 2.45) is 11.3 Å². The van der Waals surface area contributed by atoms with E-state index in [0.29, 0.717) is 12.3 Å². The number of carbonyl (C=O) groups excluding carboxylic acids is 2. The highest BCUT2D eigenvalue weighted by atomic mass is 16.2. The van der Waals surface area contributed by atoms with Crippen LogP contribution < -0.4 is 10.6 Å². The molecule has 4 heteroatoms. The molecular weight excluding hydrogens is 228 g/mol. The summed E-state index contributed by atoms with van der Waals surface area (Å²) in [5.41, 5.74) is 1.76. The molecule has 2 amide bonds. The van der Waals surface area contributed by atoms with Crippen molar-refractivity contribution >= 4 is 17.5 Å². The second-order valence-corrected chi connectivity index (χ2v) is 5.26. The Morgan fingerprint density at radius 3 is 2.39 bits per heavy atom. The van der Waals surface area contributed by atoms with Gasteiger partial charge in [0.1, 0.15) is 0 Å². The molecule has 0 heterocycles. The van der Waals surface area contributed by atoms with Crippen LogP contribution in [0.4, 0.5) is 5.69 Å². The Morgan fingerprint density at radius 1 is 1.28 bits per heavy atom. The van der Waals surface area contributed by atoms with Crippen molar-refractivity contribution in [3.05, 3.63) is 29.8 Å². The van der Waals surface area contributed by atoms with Crippen LogP contribution in [0.5, 0.6) is 0 Å². The number of hydrogen-bond acceptors (Lipinski definition) is 2. The van der Waals surface area contributed by atoms with Crippen LogP contribution in [-0.2, 0) is 16.0 Å². The van der Waals surface area contributed by atoms with E-state index in [9.17, 15) is 9.59 Å². The summed E-state index contributed by atoms with van der Waals surface area (Å²) >= 11 is 0. The molecule has 4 nitrogen and oxygen atoms in total. The third kappa shape index (κ3) is 1.88. The summed E-state index contributed by atoms with van der Waals surface area (Å²) in [4.78, 5) is 23.1. The number of nitrogens with one attached hydrogen (secondary N) is 2. The number of carbonyl (C=O) groups is 2. The highest BCUT2D eigenvalue weighted by Gasteiger charge is 2.74. The van der Waals surface area contributed by atoms with Gasteiger partial charge in [-0.1, -0.05) is 12.1 Å². The monoisotopic (exact) mass is 244 g/mol. The van der Waals surface area contributed by atoms with E-state index < -0.39 is 0 Å². The van der Waals surface area contributed by atoms with Crippen LogP contribution in [0.3, 0.4) is 0 Å². The Bertz CT molecular complexity index is 501. The lowest BCUT2D eigenvalue weighted by atomic mass is 10.1. The van der Waals surface area contributed by atoms with Crippen LogP contribution in [0, 0.1) is 11.3 Å². The summed E-state index contributed by atoms with van der Waals surface area (Å²) in [6.45, 7) is 0. The Kier molecular flexibility index (Phi) is 2.40. The Hall–Kier alpha value is -1.84. The molecule has 1 aromatic rings. The second-order valence-electron chi connectivity index (χ2n) is 5.26. The maximum Gasteiger partial charge on any atom is 0.230 e. The molecule has 18 heavy (non-hydrogen) atoms. The highest BCUT2D eigenvalue weighted by molar-refractivity contribution is 6.00. The molecule has 2 fully saturated rings. The maximum atomic E-state index is 11.9. The Morgan fingerprint density at radius 2 is 1.89 bits per heavy atom. The highest BCUT2D eigenvalue weighted by Crippen LogP contribution is 2.75. The number of fused-ring (bicyclic) bond motifs is 1. The molecule has 2 saturated carbocycles. The van der Waals surface area contributed by atoms with Gasteiger partial charge >= 0.3 is 0 Å². The van der Waals surface area contributed by atoms with Crippen LogP contribution in [-0.4, -0.2) is 18.9 Å². The van der Waals surface area contributed by atoms with Crippen molar-refractivity contribution in [1.29, 1.82) is 0 Å². The van der Waals surface area contributed by atoms with Gasteiger partial charge in [0.05, 0.1) is 11.8 Å². The minimum absolute atomic E-state index is 0.000762. The minimum atomic E-state index is -0.00974. The molecule has 1 aromatic carbocycles. The summed E-state index contributed by atoms with van der Waals surface area (Å²) in [6.07, 6.45) is 2.50. The SMILES string of the molecule is CNC(=O)Cc1ccc(NC(=O)C23CC2C3)cc1. The van der Waals surface area contributed by atoms with Gasteiger partial charge in [-0.15, -0.1) is 0 Å². The van der Waals surface area contributed by atoms with Gasteiger partial charge in [-0.05, 0) is 36.5 Å². The lowest BCUT2D eigenvalue weighted by Crippen LogP contribution is -2.20. The van der Waals surface area contributed by atoms with E-state index in [1.54, 1.807) is 7.05 Å². The third-order valence-corrected chi connectivity index (χ3v) is 3.99. The number of amides is 2. The summed E-state index contributed by atoms with van der Waals surface area (Å²) in [5.74, 6) is 0.807. The lowest BCUT2D eigenvalue weighted by molar-refractivity contribution is -0.120. The molecular formula is C14H16N2O2. The first-order valence-electron chi connectivity index (χ1n) is 6.25. The maximum absolute atomic E-state index is 11.9. The van der Waals surface area contributed by atoms with Gasteiger partial charge in [-0.3, -0.25) is 9.59 Å². The van der Waals surface area contributed by atoms with E-state index in [1.165, 1.54) is 0 Å². The Balaban J connectivity index is 1.60. The molecule has 0 unspecified atom stereocenters. The van der Waals surface area contributed by atoms with E-state index in [2.05, 4.69) is 10.6 Å². The molecule has 0 saturated heterocycles. The van der Waals surface area contributed by atoms with Crippen LogP contribution >= 0.6 is 0 Å². The first-order chi connectivity index (χ1) is 8.64. The summed E-state index contributed by atoms with van der Waals surface area (Å²) in [7, 11) is 1.62. The van der Waals surface area contributed by atoms with Gasteiger partial charge in [0.2, 0.25) is 11.8 Å². The zero-order valence-corrected chi connectivity index (χ0v) is 10.3. The summed E-state index contributed by atoms with van der Waals surface area (Å²) in [6, 6.07) is 7.46. The molecule has 94 valence electrons. The average Bonchev–Trinajstić information content (AvgIpc) is 3.20. The van der Waals surface area contributed by atoms with Crippen LogP contribution in [0.1, 0.15) is 18.4 Å². The zero-order valence-electron chi connectivity index (χ0n) is 10.3. The molecule has 0 aromatic heterocycles. The quantitative estimate of drug-likeness (QED) is 0.839. The summed E-state index contributed by atoms with van der Waals surface area (Å²) < 4.78 is 0. The fourth-order valence-corrected chi connectivity index (χ4v) is 2.31. The number of benzene rings is 1. The largest absolute Gasteiger partial charge is 0.359 e. The van der Waals surface area contributed by atoms with Gasteiger partial charge in [0.25, 0.3) is 0 Å². The summed E-state index contributed by atoms with van der Waals surface area (Å²) in [5, 5.41) is 5.53. The number of likely N-dealkylation sites (N-methyl/N-ethyl adjacent to an activating group) is 1. The van der Waals surface area contributed by atoms with Crippen LogP contribution in [0.15, 0.2) is 24.3 Å². The van der Waals surface area contributed by atoms with Crippen molar-refractivity contribution < 1.29 is 9.59 Å². The molecule has 0 radical (unpaired) electrons. The standard InChI is InChI=1S/C14H16N2O2/c1-15-12(17)6-9-2-4-11(5-3-9)16-13(18)14-7-10(14)8-14/h2-5,10H,6-8H2,1H3,(H,15,17)(H,16,18). The topological polar surface area (TPSA) is 58.2 Å². The molecule has 2 aliphatic carbocycles.